The molecule has 1 aliphatic carbocycles. The van der Waals surface area contributed by atoms with Crippen molar-refractivity contribution in [3.63, 3.8) is 0 Å². The first-order valence-corrected chi connectivity index (χ1v) is 9.54. The maximum absolute atomic E-state index is 5.96. The summed E-state index contributed by atoms with van der Waals surface area (Å²) in [4.78, 5) is 0. The van der Waals surface area contributed by atoms with E-state index in [0.29, 0.717) is 5.92 Å². The molecule has 0 saturated carbocycles. The molecule has 1 unspecified atom stereocenters. The molecular formula is C15H28O2Si. The van der Waals surface area contributed by atoms with Crippen molar-refractivity contribution in [1.82, 2.24) is 0 Å². The summed E-state index contributed by atoms with van der Waals surface area (Å²) in [6.45, 7) is 16.8. The van der Waals surface area contributed by atoms with Crippen LogP contribution in [0.2, 0.25) is 12.6 Å². The molecule has 0 aromatic carbocycles. The molecule has 0 N–H and O–H groups in total. The van der Waals surface area contributed by atoms with E-state index >= 15 is 0 Å². The van der Waals surface area contributed by atoms with Crippen molar-refractivity contribution >= 4 is 8.56 Å². The van der Waals surface area contributed by atoms with Crippen molar-refractivity contribution in [2.24, 2.45) is 5.92 Å². The Morgan fingerprint density at radius 3 is 1.83 bits per heavy atom. The summed E-state index contributed by atoms with van der Waals surface area (Å²) in [5.41, 5.74) is 5.95. The van der Waals surface area contributed by atoms with Crippen LogP contribution < -0.4 is 0 Å². The highest BCUT2D eigenvalue weighted by Gasteiger charge is 2.35. The van der Waals surface area contributed by atoms with Gasteiger partial charge in [0.2, 0.25) is 0 Å². The van der Waals surface area contributed by atoms with Gasteiger partial charge in [-0.25, -0.2) is 0 Å². The van der Waals surface area contributed by atoms with Gasteiger partial charge in [0.1, 0.15) is 0 Å². The van der Waals surface area contributed by atoms with E-state index in [9.17, 15) is 0 Å². The Balaban J connectivity index is 2.95. The Hall–Kier alpha value is -0.383. The molecule has 0 bridgehead atoms. The second-order valence-electron chi connectivity index (χ2n) is 5.37. The van der Waals surface area contributed by atoms with E-state index < -0.39 is 8.56 Å². The van der Waals surface area contributed by atoms with E-state index in [4.69, 9.17) is 8.85 Å². The molecule has 1 atom stereocenters. The zero-order chi connectivity index (χ0) is 13.9. The predicted molar refractivity (Wildman–Crippen MR) is 79.9 cm³/mol. The van der Waals surface area contributed by atoms with Crippen molar-refractivity contribution in [3.05, 3.63) is 22.3 Å². The predicted octanol–water partition coefficient (Wildman–Crippen LogP) is 4.43. The van der Waals surface area contributed by atoms with Crippen molar-refractivity contribution in [2.45, 2.75) is 54.1 Å². The van der Waals surface area contributed by atoms with Gasteiger partial charge in [-0.15, -0.1) is 0 Å². The fraction of sp³-hybridized carbons (Fsp3) is 0.733. The van der Waals surface area contributed by atoms with Gasteiger partial charge < -0.3 is 8.85 Å². The number of rotatable bonds is 6. The van der Waals surface area contributed by atoms with Gasteiger partial charge in [0.05, 0.1) is 0 Å². The van der Waals surface area contributed by atoms with E-state index in [2.05, 4.69) is 48.1 Å². The van der Waals surface area contributed by atoms with Crippen LogP contribution in [0, 0.1) is 5.92 Å². The lowest BCUT2D eigenvalue weighted by Gasteiger charge is -2.27. The Morgan fingerprint density at radius 1 is 1.00 bits per heavy atom. The Morgan fingerprint density at radius 2 is 1.50 bits per heavy atom. The summed E-state index contributed by atoms with van der Waals surface area (Å²) in [7, 11) is -2.05. The minimum absolute atomic E-state index is 0.585. The quantitative estimate of drug-likeness (QED) is 0.663. The molecule has 3 heteroatoms. The molecule has 0 aliphatic heterocycles. The highest BCUT2D eigenvalue weighted by molar-refractivity contribution is 6.66. The Bertz CT molecular complexity index is 363. The van der Waals surface area contributed by atoms with Crippen molar-refractivity contribution in [2.75, 3.05) is 13.2 Å². The largest absolute Gasteiger partial charge is 0.394 e. The summed E-state index contributed by atoms with van der Waals surface area (Å²) in [6.07, 6.45) is 0. The fourth-order valence-corrected chi connectivity index (χ4v) is 5.49. The summed E-state index contributed by atoms with van der Waals surface area (Å²) in [6, 6.07) is 0.980. The molecule has 0 fully saturated rings. The van der Waals surface area contributed by atoms with Gasteiger partial charge in [-0.05, 0) is 58.2 Å². The van der Waals surface area contributed by atoms with Crippen molar-refractivity contribution in [1.29, 1.82) is 0 Å². The lowest BCUT2D eigenvalue weighted by molar-refractivity contribution is 0.191. The maximum atomic E-state index is 5.96. The Labute approximate surface area is 113 Å². The Kier molecular flexibility index (Phi) is 5.38. The fourth-order valence-electron chi connectivity index (χ4n) is 2.79. The van der Waals surface area contributed by atoms with E-state index in [0.717, 1.165) is 19.3 Å². The summed E-state index contributed by atoms with van der Waals surface area (Å²) < 4.78 is 11.9. The number of hydrogen-bond donors (Lipinski definition) is 0. The molecule has 1 aliphatic rings. The molecule has 1 rings (SSSR count). The second kappa shape index (κ2) is 6.18. The highest BCUT2D eigenvalue weighted by Crippen LogP contribution is 2.40. The first-order valence-electron chi connectivity index (χ1n) is 7.01. The lowest BCUT2D eigenvalue weighted by Crippen LogP contribution is -2.39. The van der Waals surface area contributed by atoms with Crippen LogP contribution in [0.25, 0.3) is 0 Å². The molecule has 0 spiro atoms. The zero-order valence-corrected chi connectivity index (χ0v) is 14.0. The molecule has 0 saturated heterocycles. The standard InChI is InChI=1S/C15H28O2Si/c1-8-16-18(7,17-9-2)10-15-13(5)11(3)12(4)14(15)6/h11H,8-10H2,1-7H3. The molecule has 2 nitrogen and oxygen atoms in total. The molecule has 104 valence electrons. The van der Waals surface area contributed by atoms with Crippen LogP contribution in [-0.2, 0) is 8.85 Å². The van der Waals surface area contributed by atoms with Crippen LogP contribution in [0.3, 0.4) is 0 Å². The highest BCUT2D eigenvalue weighted by atomic mass is 28.4. The minimum Gasteiger partial charge on any atom is -0.394 e. The van der Waals surface area contributed by atoms with Crippen LogP contribution in [0.15, 0.2) is 22.3 Å². The first kappa shape index (κ1) is 15.7. The number of hydrogen-bond acceptors (Lipinski definition) is 2. The number of allylic oxidation sites excluding steroid dienone is 4. The smallest absolute Gasteiger partial charge is 0.339 e. The van der Waals surface area contributed by atoms with Gasteiger partial charge in [0.15, 0.2) is 0 Å². The van der Waals surface area contributed by atoms with E-state index in [1.807, 2.05) is 0 Å². The van der Waals surface area contributed by atoms with Gasteiger partial charge >= 0.3 is 8.56 Å². The minimum atomic E-state index is -2.05. The average Bonchev–Trinajstić information content (AvgIpc) is 2.48. The molecule has 0 aromatic heterocycles. The molecular weight excluding hydrogens is 240 g/mol. The first-order chi connectivity index (χ1) is 8.36. The summed E-state index contributed by atoms with van der Waals surface area (Å²) in [5.74, 6) is 0.585. The van der Waals surface area contributed by atoms with E-state index in [1.165, 1.54) is 22.3 Å². The summed E-state index contributed by atoms with van der Waals surface area (Å²) >= 11 is 0. The SMILES string of the molecule is CCO[Si](C)(CC1=C(C)C(C)C(C)=C1C)OCC. The van der Waals surface area contributed by atoms with E-state index in [1.54, 1.807) is 0 Å². The molecule has 0 aromatic rings. The monoisotopic (exact) mass is 268 g/mol. The third kappa shape index (κ3) is 3.14. The van der Waals surface area contributed by atoms with Gasteiger partial charge in [-0.2, -0.15) is 0 Å². The average molecular weight is 268 g/mol. The zero-order valence-electron chi connectivity index (χ0n) is 13.0. The maximum Gasteiger partial charge on any atom is 0.339 e. The van der Waals surface area contributed by atoms with Gasteiger partial charge in [0, 0.05) is 19.3 Å². The third-order valence-electron chi connectivity index (χ3n) is 4.22. The molecule has 0 radical (unpaired) electrons. The lowest BCUT2D eigenvalue weighted by atomic mass is 10.00. The van der Waals surface area contributed by atoms with Gasteiger partial charge in [0.25, 0.3) is 0 Å². The van der Waals surface area contributed by atoms with Crippen molar-refractivity contribution in [3.8, 4) is 0 Å². The molecule has 18 heavy (non-hydrogen) atoms. The third-order valence-corrected chi connectivity index (χ3v) is 7.01. The topological polar surface area (TPSA) is 18.5 Å². The van der Waals surface area contributed by atoms with Crippen LogP contribution in [0.1, 0.15) is 41.5 Å². The van der Waals surface area contributed by atoms with E-state index in [-0.39, 0.29) is 0 Å². The van der Waals surface area contributed by atoms with Crippen LogP contribution in [0.4, 0.5) is 0 Å². The van der Waals surface area contributed by atoms with Gasteiger partial charge in [-0.1, -0.05) is 18.1 Å². The van der Waals surface area contributed by atoms with Crippen LogP contribution in [-0.4, -0.2) is 21.8 Å². The molecule has 0 heterocycles. The van der Waals surface area contributed by atoms with Gasteiger partial charge in [-0.3, -0.25) is 0 Å². The molecule has 0 amide bonds. The normalized spacial score (nSPS) is 21.2. The van der Waals surface area contributed by atoms with Crippen LogP contribution in [0.5, 0.6) is 0 Å². The summed E-state index contributed by atoms with van der Waals surface area (Å²) in [5, 5.41) is 0. The van der Waals surface area contributed by atoms with Crippen LogP contribution >= 0.6 is 0 Å². The van der Waals surface area contributed by atoms with Crippen molar-refractivity contribution < 1.29 is 8.85 Å². The second-order valence-corrected chi connectivity index (χ2v) is 8.57.